The Morgan fingerprint density at radius 1 is 1.67 bits per heavy atom. The maximum absolute atomic E-state index is 8.58. The summed E-state index contributed by atoms with van der Waals surface area (Å²) < 4.78 is 2.02. The number of nitrogens with zero attached hydrogens (tertiary/aromatic N) is 1. The first-order valence-electron chi connectivity index (χ1n) is 3.41. The SMILES string of the molecule is OCCC1CCCN1S. The van der Waals surface area contributed by atoms with Crippen LogP contribution in [-0.2, 0) is 0 Å². The monoisotopic (exact) mass is 147 g/mol. The van der Waals surface area contributed by atoms with Gasteiger partial charge in [-0.25, -0.2) is 0 Å². The van der Waals surface area contributed by atoms with Crippen LogP contribution in [0.1, 0.15) is 19.3 Å². The van der Waals surface area contributed by atoms with Crippen LogP contribution in [0.25, 0.3) is 0 Å². The van der Waals surface area contributed by atoms with Crippen molar-refractivity contribution in [2.45, 2.75) is 25.3 Å². The van der Waals surface area contributed by atoms with Crippen molar-refractivity contribution in [1.82, 2.24) is 4.31 Å². The summed E-state index contributed by atoms with van der Waals surface area (Å²) in [4.78, 5) is 0. The van der Waals surface area contributed by atoms with Gasteiger partial charge in [-0.2, -0.15) is 0 Å². The second-order valence-electron chi connectivity index (χ2n) is 2.47. The number of hydrogen-bond donors (Lipinski definition) is 2. The highest BCUT2D eigenvalue weighted by Gasteiger charge is 2.20. The quantitative estimate of drug-likeness (QED) is 0.561. The summed E-state index contributed by atoms with van der Waals surface area (Å²) >= 11 is 4.24. The lowest BCUT2D eigenvalue weighted by Crippen LogP contribution is -2.20. The van der Waals surface area contributed by atoms with Crippen LogP contribution in [-0.4, -0.2) is 28.6 Å². The van der Waals surface area contributed by atoms with Gasteiger partial charge in [-0.05, 0) is 19.3 Å². The maximum atomic E-state index is 8.58. The number of aliphatic hydroxyl groups excluding tert-OH is 1. The topological polar surface area (TPSA) is 23.5 Å². The molecular formula is C6H13NOS. The van der Waals surface area contributed by atoms with Crippen molar-refractivity contribution in [1.29, 1.82) is 0 Å². The predicted octanol–water partition coefficient (Wildman–Crippen LogP) is 0.678. The molecule has 0 bridgehead atoms. The highest BCUT2D eigenvalue weighted by atomic mass is 32.1. The lowest BCUT2D eigenvalue weighted by atomic mass is 10.2. The first kappa shape index (κ1) is 7.38. The van der Waals surface area contributed by atoms with E-state index in [4.69, 9.17) is 5.11 Å². The van der Waals surface area contributed by atoms with Crippen molar-refractivity contribution in [3.8, 4) is 0 Å². The summed E-state index contributed by atoms with van der Waals surface area (Å²) in [5.41, 5.74) is 0. The Kier molecular flexibility index (Phi) is 2.82. The number of hydrogen-bond acceptors (Lipinski definition) is 3. The highest BCUT2D eigenvalue weighted by molar-refractivity contribution is 7.77. The molecule has 3 heteroatoms. The molecule has 9 heavy (non-hydrogen) atoms. The zero-order valence-corrected chi connectivity index (χ0v) is 6.35. The van der Waals surface area contributed by atoms with E-state index < -0.39 is 0 Å². The van der Waals surface area contributed by atoms with E-state index in [1.807, 2.05) is 4.31 Å². The number of thiol groups is 1. The van der Waals surface area contributed by atoms with E-state index >= 15 is 0 Å². The summed E-state index contributed by atoms with van der Waals surface area (Å²) in [5, 5.41) is 8.58. The number of aliphatic hydroxyl groups is 1. The van der Waals surface area contributed by atoms with Gasteiger partial charge >= 0.3 is 0 Å². The molecule has 0 aliphatic carbocycles. The summed E-state index contributed by atoms with van der Waals surface area (Å²) in [6.07, 6.45) is 3.31. The van der Waals surface area contributed by atoms with Gasteiger partial charge in [0.05, 0.1) is 0 Å². The fourth-order valence-electron chi connectivity index (χ4n) is 1.26. The third-order valence-electron chi connectivity index (χ3n) is 1.81. The van der Waals surface area contributed by atoms with Crippen LogP contribution in [0.2, 0.25) is 0 Å². The molecule has 0 amide bonds. The third kappa shape index (κ3) is 1.85. The fraction of sp³-hybridized carbons (Fsp3) is 1.00. The molecule has 1 saturated heterocycles. The van der Waals surface area contributed by atoms with Gasteiger partial charge in [0, 0.05) is 19.2 Å². The molecule has 1 atom stereocenters. The molecule has 1 unspecified atom stereocenters. The number of rotatable bonds is 2. The largest absolute Gasteiger partial charge is 0.396 e. The van der Waals surface area contributed by atoms with Gasteiger partial charge in [-0.3, -0.25) is 4.31 Å². The Morgan fingerprint density at radius 3 is 2.89 bits per heavy atom. The maximum Gasteiger partial charge on any atom is 0.0446 e. The zero-order valence-electron chi connectivity index (χ0n) is 5.45. The fourth-order valence-corrected chi connectivity index (χ4v) is 1.64. The van der Waals surface area contributed by atoms with Gasteiger partial charge in [0.15, 0.2) is 0 Å². The van der Waals surface area contributed by atoms with Crippen molar-refractivity contribution in [3.63, 3.8) is 0 Å². The molecule has 0 aromatic rings. The second-order valence-corrected chi connectivity index (χ2v) is 2.99. The molecule has 1 fully saturated rings. The smallest absolute Gasteiger partial charge is 0.0446 e. The summed E-state index contributed by atoms with van der Waals surface area (Å²) in [5.74, 6) is 0. The molecule has 0 spiro atoms. The van der Waals surface area contributed by atoms with Gasteiger partial charge in [0.25, 0.3) is 0 Å². The third-order valence-corrected chi connectivity index (χ3v) is 2.33. The zero-order chi connectivity index (χ0) is 6.69. The van der Waals surface area contributed by atoms with E-state index in [1.165, 1.54) is 12.8 Å². The van der Waals surface area contributed by atoms with Gasteiger partial charge in [0.2, 0.25) is 0 Å². The molecule has 1 heterocycles. The molecule has 0 aromatic carbocycles. The van der Waals surface area contributed by atoms with Crippen molar-refractivity contribution >= 4 is 12.8 Å². The van der Waals surface area contributed by atoms with Crippen LogP contribution in [0.15, 0.2) is 0 Å². The van der Waals surface area contributed by atoms with E-state index in [9.17, 15) is 0 Å². The van der Waals surface area contributed by atoms with Crippen molar-refractivity contribution in [3.05, 3.63) is 0 Å². The average molecular weight is 147 g/mol. The minimum absolute atomic E-state index is 0.293. The summed E-state index contributed by atoms with van der Waals surface area (Å²) in [7, 11) is 0. The first-order valence-corrected chi connectivity index (χ1v) is 3.81. The van der Waals surface area contributed by atoms with E-state index in [0.29, 0.717) is 12.6 Å². The van der Waals surface area contributed by atoms with Crippen LogP contribution >= 0.6 is 12.8 Å². The van der Waals surface area contributed by atoms with Crippen molar-refractivity contribution < 1.29 is 5.11 Å². The lowest BCUT2D eigenvalue weighted by molar-refractivity contribution is 0.252. The Hall–Kier alpha value is 0.270. The van der Waals surface area contributed by atoms with Crippen molar-refractivity contribution in [2.24, 2.45) is 0 Å². The Balaban J connectivity index is 2.22. The van der Waals surface area contributed by atoms with Crippen LogP contribution in [0.4, 0.5) is 0 Å². The van der Waals surface area contributed by atoms with Gasteiger partial charge < -0.3 is 5.11 Å². The molecule has 1 N–H and O–H groups in total. The average Bonchev–Trinajstić information content (AvgIpc) is 2.18. The Morgan fingerprint density at radius 2 is 2.44 bits per heavy atom. The van der Waals surface area contributed by atoms with Crippen LogP contribution in [0, 0.1) is 0 Å². The van der Waals surface area contributed by atoms with E-state index in [-0.39, 0.29) is 0 Å². The predicted molar refractivity (Wildman–Crippen MR) is 40.4 cm³/mol. The minimum atomic E-state index is 0.293. The normalized spacial score (nSPS) is 29.3. The molecule has 2 nitrogen and oxygen atoms in total. The van der Waals surface area contributed by atoms with E-state index in [1.54, 1.807) is 0 Å². The van der Waals surface area contributed by atoms with E-state index in [2.05, 4.69) is 12.8 Å². The first-order chi connectivity index (χ1) is 4.34. The molecule has 1 aliphatic heterocycles. The van der Waals surface area contributed by atoms with Gasteiger partial charge in [-0.1, -0.05) is 12.8 Å². The summed E-state index contributed by atoms with van der Waals surface area (Å²) in [6, 6.07) is 0.526. The molecule has 0 radical (unpaired) electrons. The van der Waals surface area contributed by atoms with E-state index in [0.717, 1.165) is 13.0 Å². The molecule has 1 aliphatic rings. The second kappa shape index (κ2) is 3.44. The minimum Gasteiger partial charge on any atom is -0.396 e. The van der Waals surface area contributed by atoms with Gasteiger partial charge in [-0.15, -0.1) is 0 Å². The lowest BCUT2D eigenvalue weighted by Gasteiger charge is -2.15. The molecule has 0 saturated carbocycles. The van der Waals surface area contributed by atoms with Crippen LogP contribution in [0.5, 0.6) is 0 Å². The standard InChI is InChI=1S/C6H13NOS/c8-5-3-6-2-1-4-7(6)9/h6,8-9H,1-5H2. The Bertz CT molecular complexity index is 89.1. The Labute approximate surface area is 61.4 Å². The molecule has 1 rings (SSSR count). The molecule has 0 aromatic heterocycles. The van der Waals surface area contributed by atoms with Crippen LogP contribution in [0.3, 0.4) is 0 Å². The van der Waals surface area contributed by atoms with Crippen molar-refractivity contribution in [2.75, 3.05) is 13.2 Å². The van der Waals surface area contributed by atoms with Crippen LogP contribution < -0.4 is 0 Å². The van der Waals surface area contributed by atoms with Gasteiger partial charge in [0.1, 0.15) is 0 Å². The summed E-state index contributed by atoms with van der Waals surface area (Å²) in [6.45, 7) is 1.37. The highest BCUT2D eigenvalue weighted by Crippen LogP contribution is 2.20. The molecule has 54 valence electrons. The molecular weight excluding hydrogens is 134 g/mol.